The largest absolute Gasteiger partial charge is 0.356 e. The molecule has 0 bridgehead atoms. The van der Waals surface area contributed by atoms with Crippen molar-refractivity contribution < 1.29 is 4.39 Å². The first kappa shape index (κ1) is 22.1. The van der Waals surface area contributed by atoms with E-state index >= 15 is 0 Å². The Morgan fingerprint density at radius 3 is 2.80 bits per heavy atom. The Labute approximate surface area is 168 Å². The maximum atomic E-state index is 13.2. The molecular formula is C18H31FIN5. The molecule has 0 saturated carbocycles. The molecule has 0 aromatic heterocycles. The smallest absolute Gasteiger partial charge is 0.191 e. The molecule has 1 aromatic carbocycles. The molecule has 0 aliphatic carbocycles. The maximum absolute atomic E-state index is 13.2. The van der Waals surface area contributed by atoms with Crippen LogP contribution in [0.1, 0.15) is 18.4 Å². The van der Waals surface area contributed by atoms with Crippen LogP contribution in [0.3, 0.4) is 0 Å². The van der Waals surface area contributed by atoms with E-state index in [4.69, 9.17) is 0 Å². The third kappa shape index (κ3) is 8.82. The second-order valence-corrected chi connectivity index (χ2v) is 6.33. The molecule has 1 aliphatic heterocycles. The Hall–Kier alpha value is -0.930. The van der Waals surface area contributed by atoms with Crippen LogP contribution in [0, 0.1) is 5.82 Å². The number of hydrogen-bond acceptors (Lipinski definition) is 3. The van der Waals surface area contributed by atoms with Gasteiger partial charge in [-0.25, -0.2) is 4.39 Å². The van der Waals surface area contributed by atoms with Crippen molar-refractivity contribution in [3.63, 3.8) is 0 Å². The summed E-state index contributed by atoms with van der Waals surface area (Å²) < 4.78 is 13.2. The fourth-order valence-electron chi connectivity index (χ4n) is 2.89. The van der Waals surface area contributed by atoms with Crippen molar-refractivity contribution in [2.45, 2.75) is 19.4 Å². The van der Waals surface area contributed by atoms with Gasteiger partial charge in [0.1, 0.15) is 5.82 Å². The van der Waals surface area contributed by atoms with Gasteiger partial charge in [-0.2, -0.15) is 0 Å². The summed E-state index contributed by atoms with van der Waals surface area (Å²) in [6, 6.07) is 6.62. The van der Waals surface area contributed by atoms with E-state index in [0.29, 0.717) is 6.54 Å². The highest BCUT2D eigenvalue weighted by molar-refractivity contribution is 14.0. The molecule has 1 aliphatic rings. The zero-order valence-corrected chi connectivity index (χ0v) is 17.6. The first-order valence-electron chi connectivity index (χ1n) is 8.77. The Bertz CT molecular complexity index is 526. The third-order valence-corrected chi connectivity index (χ3v) is 4.33. The molecule has 0 atom stereocenters. The molecule has 5 nitrogen and oxygen atoms in total. The van der Waals surface area contributed by atoms with Gasteiger partial charge in [0.25, 0.3) is 0 Å². The molecule has 0 radical (unpaired) electrons. The highest BCUT2D eigenvalue weighted by Crippen LogP contribution is 2.03. The van der Waals surface area contributed by atoms with Crippen LogP contribution in [0.4, 0.5) is 4.39 Å². The van der Waals surface area contributed by atoms with Crippen LogP contribution < -0.4 is 10.6 Å². The van der Waals surface area contributed by atoms with E-state index in [-0.39, 0.29) is 29.8 Å². The molecule has 2 rings (SSSR count). The summed E-state index contributed by atoms with van der Waals surface area (Å²) >= 11 is 0. The van der Waals surface area contributed by atoms with Crippen LogP contribution in [0.5, 0.6) is 0 Å². The average Bonchev–Trinajstić information content (AvgIpc) is 2.79. The van der Waals surface area contributed by atoms with E-state index < -0.39 is 0 Å². The second-order valence-electron chi connectivity index (χ2n) is 6.33. The summed E-state index contributed by atoms with van der Waals surface area (Å²) in [6.07, 6.45) is 2.34. The Morgan fingerprint density at radius 2 is 2.04 bits per heavy atom. The van der Waals surface area contributed by atoms with E-state index in [1.807, 2.05) is 6.07 Å². The van der Waals surface area contributed by atoms with E-state index in [9.17, 15) is 4.39 Å². The number of aliphatic imine (C=N–C) groups is 1. The van der Waals surface area contributed by atoms with Crippen LogP contribution in [0.15, 0.2) is 29.3 Å². The second kappa shape index (κ2) is 12.4. The maximum Gasteiger partial charge on any atom is 0.191 e. The molecule has 2 N–H and O–H groups in total. The first-order chi connectivity index (χ1) is 11.7. The monoisotopic (exact) mass is 463 g/mol. The van der Waals surface area contributed by atoms with Crippen LogP contribution in [-0.2, 0) is 6.54 Å². The fraction of sp³-hybridized carbons (Fsp3) is 0.611. The Balaban J connectivity index is 0.00000312. The molecule has 142 valence electrons. The van der Waals surface area contributed by atoms with Crippen molar-refractivity contribution in [3.8, 4) is 0 Å². The minimum atomic E-state index is -0.208. The van der Waals surface area contributed by atoms with Gasteiger partial charge in [-0.1, -0.05) is 12.1 Å². The van der Waals surface area contributed by atoms with Crippen LogP contribution in [-0.4, -0.2) is 69.1 Å². The Morgan fingerprint density at radius 1 is 1.20 bits per heavy atom. The lowest BCUT2D eigenvalue weighted by atomic mass is 10.2. The summed E-state index contributed by atoms with van der Waals surface area (Å²) in [7, 11) is 3.95. The zero-order valence-electron chi connectivity index (χ0n) is 15.3. The van der Waals surface area contributed by atoms with E-state index in [2.05, 4.69) is 32.5 Å². The lowest BCUT2D eigenvalue weighted by Crippen LogP contribution is -2.38. The number of halogens is 2. The van der Waals surface area contributed by atoms with Gasteiger partial charge >= 0.3 is 0 Å². The van der Waals surface area contributed by atoms with Gasteiger partial charge in [0.15, 0.2) is 5.96 Å². The van der Waals surface area contributed by atoms with Crippen LogP contribution in [0.25, 0.3) is 0 Å². The number of rotatable bonds is 6. The summed E-state index contributed by atoms with van der Waals surface area (Å²) in [5.74, 6) is 0.551. The molecule has 1 saturated heterocycles. The lowest BCUT2D eigenvalue weighted by molar-refractivity contribution is 0.274. The van der Waals surface area contributed by atoms with Crippen molar-refractivity contribution in [2.75, 3.05) is 53.4 Å². The molecular weight excluding hydrogens is 432 g/mol. The minimum absolute atomic E-state index is 0. The highest BCUT2D eigenvalue weighted by atomic mass is 127. The summed E-state index contributed by atoms with van der Waals surface area (Å²) in [5, 5.41) is 6.55. The molecule has 25 heavy (non-hydrogen) atoms. The van der Waals surface area contributed by atoms with Crippen LogP contribution >= 0.6 is 24.0 Å². The molecule has 0 unspecified atom stereocenters. The van der Waals surface area contributed by atoms with Gasteiger partial charge in [0.2, 0.25) is 0 Å². The van der Waals surface area contributed by atoms with E-state index in [0.717, 1.165) is 44.1 Å². The molecule has 1 fully saturated rings. The number of nitrogens with one attached hydrogen (secondary N) is 2. The first-order valence-corrected chi connectivity index (χ1v) is 8.77. The summed E-state index contributed by atoms with van der Waals surface area (Å²) in [4.78, 5) is 9.15. The molecule has 1 aromatic rings. The molecule has 0 amide bonds. The number of guanidine groups is 1. The van der Waals surface area contributed by atoms with Gasteiger partial charge in [0.05, 0.1) is 0 Å². The predicted octanol–water partition coefficient (Wildman–Crippen LogP) is 2.14. The van der Waals surface area contributed by atoms with E-state index in [1.54, 1.807) is 13.1 Å². The van der Waals surface area contributed by atoms with Crippen molar-refractivity contribution in [1.29, 1.82) is 0 Å². The van der Waals surface area contributed by atoms with Crippen molar-refractivity contribution in [1.82, 2.24) is 20.4 Å². The quantitative estimate of drug-likeness (QED) is 0.294. The standard InChI is InChI=1S/C18H30FN5.HI/c1-20-18(22-15-16-6-3-7-17(19)14-16)21-8-4-10-24-11-5-9-23(2)12-13-24;/h3,6-7,14H,4-5,8-13,15H2,1-2H3,(H2,20,21,22);1H. The zero-order chi connectivity index (χ0) is 17.2. The number of benzene rings is 1. The Kier molecular flexibility index (Phi) is 11.0. The van der Waals surface area contributed by atoms with Crippen molar-refractivity contribution in [3.05, 3.63) is 35.6 Å². The van der Waals surface area contributed by atoms with Crippen molar-refractivity contribution in [2.24, 2.45) is 4.99 Å². The predicted molar refractivity (Wildman–Crippen MR) is 113 cm³/mol. The number of nitrogens with zero attached hydrogens (tertiary/aromatic N) is 3. The number of likely N-dealkylation sites (N-methyl/N-ethyl adjacent to an activating group) is 1. The number of hydrogen-bond donors (Lipinski definition) is 2. The van der Waals surface area contributed by atoms with Gasteiger partial charge < -0.3 is 20.4 Å². The SMILES string of the molecule is CN=C(NCCCN1CCCN(C)CC1)NCc1cccc(F)c1.I. The van der Waals surface area contributed by atoms with Gasteiger partial charge in [0, 0.05) is 33.2 Å². The normalized spacial score (nSPS) is 16.8. The van der Waals surface area contributed by atoms with Crippen molar-refractivity contribution >= 4 is 29.9 Å². The topological polar surface area (TPSA) is 42.9 Å². The minimum Gasteiger partial charge on any atom is -0.356 e. The highest BCUT2D eigenvalue weighted by Gasteiger charge is 2.11. The molecule has 0 spiro atoms. The van der Waals surface area contributed by atoms with Gasteiger partial charge in [-0.3, -0.25) is 4.99 Å². The van der Waals surface area contributed by atoms with E-state index in [1.165, 1.54) is 31.6 Å². The van der Waals surface area contributed by atoms with Gasteiger partial charge in [-0.05, 0) is 57.2 Å². The molecule has 7 heteroatoms. The molecule has 1 heterocycles. The fourth-order valence-corrected chi connectivity index (χ4v) is 2.89. The van der Waals surface area contributed by atoms with Gasteiger partial charge in [-0.15, -0.1) is 24.0 Å². The summed E-state index contributed by atoms with van der Waals surface area (Å²) in [5.41, 5.74) is 0.909. The average molecular weight is 463 g/mol. The van der Waals surface area contributed by atoms with Crippen LogP contribution in [0.2, 0.25) is 0 Å². The summed E-state index contributed by atoms with van der Waals surface area (Å²) in [6.45, 7) is 7.27. The third-order valence-electron chi connectivity index (χ3n) is 4.33. The lowest BCUT2D eigenvalue weighted by Gasteiger charge is -2.20.